The number of nitrogens with zero attached hydrogens (tertiary/aromatic N) is 2. The van der Waals surface area contributed by atoms with Gasteiger partial charge in [-0.15, -0.1) is 0 Å². The zero-order valence-corrected chi connectivity index (χ0v) is 16.1. The monoisotopic (exact) mass is 427 g/mol. The second kappa shape index (κ2) is 8.58. The number of amides is 4. The molecule has 0 radical (unpaired) electrons. The summed E-state index contributed by atoms with van der Waals surface area (Å²) >= 11 is 6.15. The van der Waals surface area contributed by atoms with Gasteiger partial charge in [-0.2, -0.15) is 0 Å². The summed E-state index contributed by atoms with van der Waals surface area (Å²) < 4.78 is 5.37. The molecular formula is C20H14ClN3O6. The summed E-state index contributed by atoms with van der Waals surface area (Å²) in [6.45, 7) is 3.80. The summed E-state index contributed by atoms with van der Waals surface area (Å²) in [6, 6.07) is 8.49. The normalized spacial score (nSPS) is 15.2. The fraction of sp³-hybridized carbons (Fsp3) is 0.0500. The zero-order chi connectivity index (χ0) is 21.8. The first kappa shape index (κ1) is 20.7. The predicted molar refractivity (Wildman–Crippen MR) is 109 cm³/mol. The Hall–Kier alpha value is -3.98. The number of ether oxygens (including phenoxy) is 1. The van der Waals surface area contributed by atoms with Crippen LogP contribution < -0.4 is 15.0 Å². The molecule has 1 fully saturated rings. The lowest BCUT2D eigenvalue weighted by Gasteiger charge is -2.26. The Balaban J connectivity index is 1.93. The van der Waals surface area contributed by atoms with Gasteiger partial charge in [0.15, 0.2) is 0 Å². The van der Waals surface area contributed by atoms with Crippen molar-refractivity contribution in [3.8, 4) is 5.75 Å². The van der Waals surface area contributed by atoms with Gasteiger partial charge in [0.1, 0.15) is 17.9 Å². The van der Waals surface area contributed by atoms with Crippen LogP contribution in [0.4, 0.5) is 16.2 Å². The number of hydrogen-bond donors (Lipinski definition) is 1. The van der Waals surface area contributed by atoms with E-state index >= 15 is 0 Å². The van der Waals surface area contributed by atoms with Crippen LogP contribution in [0.15, 0.2) is 60.7 Å². The van der Waals surface area contributed by atoms with Gasteiger partial charge in [0.2, 0.25) is 0 Å². The number of nitro benzene ring substituents is 1. The molecule has 0 aliphatic carbocycles. The minimum atomic E-state index is -0.956. The van der Waals surface area contributed by atoms with E-state index in [1.165, 1.54) is 24.3 Å². The Labute approximate surface area is 175 Å². The van der Waals surface area contributed by atoms with Crippen molar-refractivity contribution in [3.63, 3.8) is 0 Å². The lowest BCUT2D eigenvalue weighted by atomic mass is 10.1. The molecule has 0 aromatic heterocycles. The second-order valence-electron chi connectivity index (χ2n) is 6.02. The molecule has 1 heterocycles. The van der Waals surface area contributed by atoms with E-state index in [1.807, 2.05) is 0 Å². The summed E-state index contributed by atoms with van der Waals surface area (Å²) in [5.74, 6) is -1.34. The molecule has 10 heteroatoms. The third kappa shape index (κ3) is 4.20. The van der Waals surface area contributed by atoms with Crippen molar-refractivity contribution >= 4 is 46.9 Å². The molecule has 0 atom stereocenters. The van der Waals surface area contributed by atoms with E-state index in [0.717, 1.165) is 17.0 Å². The predicted octanol–water partition coefficient (Wildman–Crippen LogP) is 3.48. The molecule has 30 heavy (non-hydrogen) atoms. The van der Waals surface area contributed by atoms with Crippen molar-refractivity contribution in [2.45, 2.75) is 0 Å². The summed E-state index contributed by atoms with van der Waals surface area (Å²) in [7, 11) is 0. The largest absolute Gasteiger partial charge is 0.488 e. The molecular weight excluding hydrogens is 414 g/mol. The highest BCUT2D eigenvalue weighted by molar-refractivity contribution is 6.39. The lowest BCUT2D eigenvalue weighted by molar-refractivity contribution is -0.384. The number of carbonyl (C=O) groups is 3. The van der Waals surface area contributed by atoms with Crippen molar-refractivity contribution in [1.82, 2.24) is 5.32 Å². The van der Waals surface area contributed by atoms with E-state index in [0.29, 0.717) is 11.3 Å². The van der Waals surface area contributed by atoms with Gasteiger partial charge in [0.25, 0.3) is 17.5 Å². The average molecular weight is 428 g/mol. The molecule has 9 nitrogen and oxygen atoms in total. The van der Waals surface area contributed by atoms with Gasteiger partial charge in [0.05, 0.1) is 15.6 Å². The standard InChI is InChI=1S/C20H14ClN3O6/c1-2-9-30-17-8-3-12(11-16(17)21)10-15-18(25)22-20(27)23(19(15)26)13-4-6-14(7-5-13)24(28)29/h2-8,10-11H,1,9H2,(H,22,25,27)/b15-10-. The Kier molecular flexibility index (Phi) is 5.93. The van der Waals surface area contributed by atoms with E-state index < -0.39 is 22.8 Å². The third-order valence-electron chi connectivity index (χ3n) is 4.04. The Morgan fingerprint density at radius 2 is 1.87 bits per heavy atom. The fourth-order valence-electron chi connectivity index (χ4n) is 2.65. The molecule has 0 unspecified atom stereocenters. The topological polar surface area (TPSA) is 119 Å². The SMILES string of the molecule is C=CCOc1ccc(/C=C2/C(=O)NC(=O)N(c3ccc([N+](=O)[O-])cc3)C2=O)cc1Cl. The average Bonchev–Trinajstić information content (AvgIpc) is 2.70. The van der Waals surface area contributed by atoms with Gasteiger partial charge in [0, 0.05) is 12.1 Å². The molecule has 1 aliphatic rings. The highest BCUT2D eigenvalue weighted by atomic mass is 35.5. The molecule has 3 rings (SSSR count). The van der Waals surface area contributed by atoms with Crippen LogP contribution in [0.2, 0.25) is 5.02 Å². The molecule has 1 N–H and O–H groups in total. The minimum Gasteiger partial charge on any atom is -0.488 e. The van der Waals surface area contributed by atoms with Crippen molar-refractivity contribution in [1.29, 1.82) is 0 Å². The number of non-ortho nitro benzene ring substituents is 1. The molecule has 0 saturated carbocycles. The Morgan fingerprint density at radius 1 is 1.17 bits per heavy atom. The number of anilines is 1. The number of carbonyl (C=O) groups excluding carboxylic acids is 3. The molecule has 2 aromatic carbocycles. The first-order valence-electron chi connectivity index (χ1n) is 8.51. The minimum absolute atomic E-state index is 0.0766. The maximum Gasteiger partial charge on any atom is 0.335 e. The maximum atomic E-state index is 12.8. The number of barbiturate groups is 1. The van der Waals surface area contributed by atoms with Gasteiger partial charge in [-0.1, -0.05) is 30.3 Å². The molecule has 0 spiro atoms. The second-order valence-corrected chi connectivity index (χ2v) is 6.43. The molecule has 1 aliphatic heterocycles. The summed E-state index contributed by atoms with van der Waals surface area (Å²) in [5.41, 5.74) is 0.00259. The summed E-state index contributed by atoms with van der Waals surface area (Å²) in [5, 5.41) is 13.1. The van der Waals surface area contributed by atoms with Crippen molar-refractivity contribution < 1.29 is 24.0 Å². The quantitative estimate of drug-likeness (QED) is 0.248. The molecule has 4 amide bonds. The smallest absolute Gasteiger partial charge is 0.335 e. The fourth-order valence-corrected chi connectivity index (χ4v) is 2.90. The molecule has 152 valence electrons. The number of hydrogen-bond acceptors (Lipinski definition) is 6. The third-order valence-corrected chi connectivity index (χ3v) is 4.34. The molecule has 1 saturated heterocycles. The van der Waals surface area contributed by atoms with E-state index in [2.05, 4.69) is 11.9 Å². The zero-order valence-electron chi connectivity index (χ0n) is 15.3. The number of imide groups is 2. The number of nitrogens with one attached hydrogen (secondary N) is 1. The van der Waals surface area contributed by atoms with Gasteiger partial charge in [-0.25, -0.2) is 9.69 Å². The van der Waals surface area contributed by atoms with Gasteiger partial charge < -0.3 is 4.74 Å². The van der Waals surface area contributed by atoms with Crippen LogP contribution >= 0.6 is 11.6 Å². The lowest BCUT2D eigenvalue weighted by Crippen LogP contribution is -2.54. The van der Waals surface area contributed by atoms with Crippen LogP contribution in [0.25, 0.3) is 6.08 Å². The number of halogens is 1. The summed E-state index contributed by atoms with van der Waals surface area (Å²) in [6.07, 6.45) is 2.84. The number of benzene rings is 2. The number of rotatable bonds is 6. The number of urea groups is 1. The Morgan fingerprint density at radius 3 is 2.47 bits per heavy atom. The van der Waals surface area contributed by atoms with Crippen LogP contribution in [0, 0.1) is 10.1 Å². The van der Waals surface area contributed by atoms with Crippen LogP contribution in [-0.2, 0) is 9.59 Å². The molecule has 0 bridgehead atoms. The highest BCUT2D eigenvalue weighted by Crippen LogP contribution is 2.28. The van der Waals surface area contributed by atoms with Crippen LogP contribution in [0.1, 0.15) is 5.56 Å². The van der Waals surface area contributed by atoms with E-state index in [9.17, 15) is 24.5 Å². The van der Waals surface area contributed by atoms with Gasteiger partial charge in [-0.05, 0) is 35.9 Å². The van der Waals surface area contributed by atoms with Crippen LogP contribution in [-0.4, -0.2) is 29.4 Å². The van der Waals surface area contributed by atoms with Gasteiger partial charge in [-0.3, -0.25) is 25.0 Å². The van der Waals surface area contributed by atoms with E-state index in [4.69, 9.17) is 16.3 Å². The summed E-state index contributed by atoms with van der Waals surface area (Å²) in [4.78, 5) is 48.2. The van der Waals surface area contributed by atoms with Crippen molar-refractivity contribution in [2.24, 2.45) is 0 Å². The van der Waals surface area contributed by atoms with Crippen molar-refractivity contribution in [3.05, 3.63) is 81.4 Å². The first-order chi connectivity index (χ1) is 14.3. The van der Waals surface area contributed by atoms with E-state index in [-0.39, 0.29) is 28.6 Å². The van der Waals surface area contributed by atoms with Crippen LogP contribution in [0.5, 0.6) is 5.75 Å². The number of nitro groups is 1. The first-order valence-corrected chi connectivity index (χ1v) is 8.88. The van der Waals surface area contributed by atoms with Crippen molar-refractivity contribution in [2.75, 3.05) is 11.5 Å². The maximum absolute atomic E-state index is 12.8. The van der Waals surface area contributed by atoms with Crippen LogP contribution in [0.3, 0.4) is 0 Å². The highest BCUT2D eigenvalue weighted by Gasteiger charge is 2.37. The van der Waals surface area contributed by atoms with Gasteiger partial charge >= 0.3 is 6.03 Å². The van der Waals surface area contributed by atoms with E-state index in [1.54, 1.807) is 18.2 Å². The Bertz CT molecular complexity index is 1090. The molecule has 2 aromatic rings.